The van der Waals surface area contributed by atoms with E-state index in [9.17, 15) is 5.11 Å². The van der Waals surface area contributed by atoms with Crippen LogP contribution in [0, 0.1) is 5.41 Å². The lowest BCUT2D eigenvalue weighted by atomic mass is 9.93. The molecule has 1 atom stereocenters. The highest BCUT2D eigenvalue weighted by Crippen LogP contribution is 2.30. The zero-order valence-electron chi connectivity index (χ0n) is 11.9. The first-order valence-electron chi connectivity index (χ1n) is 6.54. The molecule has 0 radical (unpaired) electrons. The van der Waals surface area contributed by atoms with Gasteiger partial charge in [0.2, 0.25) is 0 Å². The molecule has 1 aromatic carbocycles. The standard InChI is InChI=1S/C15H21NO2S/c1-10(17)9-18-11-5-6-12-13(7-11)19-14(16-12)8-15(2,3)4/h5-7,10,17H,8-9H2,1-4H3. The van der Waals surface area contributed by atoms with E-state index in [0.717, 1.165) is 27.4 Å². The van der Waals surface area contributed by atoms with Gasteiger partial charge in [0.25, 0.3) is 0 Å². The summed E-state index contributed by atoms with van der Waals surface area (Å²) < 4.78 is 6.66. The first-order chi connectivity index (χ1) is 8.83. The van der Waals surface area contributed by atoms with Crippen LogP contribution in [0.2, 0.25) is 0 Å². The van der Waals surface area contributed by atoms with Gasteiger partial charge >= 0.3 is 0 Å². The van der Waals surface area contributed by atoms with Gasteiger partial charge in [-0.1, -0.05) is 20.8 Å². The fourth-order valence-corrected chi connectivity index (χ4v) is 3.08. The third-order valence-electron chi connectivity index (χ3n) is 2.58. The van der Waals surface area contributed by atoms with Crippen molar-refractivity contribution in [1.82, 2.24) is 4.98 Å². The van der Waals surface area contributed by atoms with Gasteiger partial charge in [-0.05, 0) is 30.5 Å². The molecule has 0 aliphatic heterocycles. The van der Waals surface area contributed by atoms with Crippen molar-refractivity contribution in [2.24, 2.45) is 5.41 Å². The van der Waals surface area contributed by atoms with E-state index in [1.165, 1.54) is 0 Å². The van der Waals surface area contributed by atoms with E-state index in [4.69, 9.17) is 4.74 Å². The number of aliphatic hydroxyl groups excluding tert-OH is 1. The molecule has 2 rings (SSSR count). The summed E-state index contributed by atoms with van der Waals surface area (Å²) >= 11 is 1.72. The van der Waals surface area contributed by atoms with Crippen LogP contribution < -0.4 is 4.74 Å². The van der Waals surface area contributed by atoms with Gasteiger partial charge in [0.05, 0.1) is 21.3 Å². The lowest BCUT2D eigenvalue weighted by Crippen LogP contribution is -2.12. The first-order valence-corrected chi connectivity index (χ1v) is 7.35. The maximum absolute atomic E-state index is 9.22. The topological polar surface area (TPSA) is 42.4 Å². The number of fused-ring (bicyclic) bond motifs is 1. The lowest BCUT2D eigenvalue weighted by Gasteiger charge is -2.15. The van der Waals surface area contributed by atoms with Crippen LogP contribution in [-0.4, -0.2) is 22.8 Å². The number of thiazole rings is 1. The Labute approximate surface area is 118 Å². The SMILES string of the molecule is CC(O)COc1ccc2nc(CC(C)(C)C)sc2c1. The molecule has 0 aliphatic rings. The summed E-state index contributed by atoms with van der Waals surface area (Å²) in [6.07, 6.45) is 0.532. The molecule has 0 saturated heterocycles. The molecule has 19 heavy (non-hydrogen) atoms. The Balaban J connectivity index is 2.18. The van der Waals surface area contributed by atoms with Crippen LogP contribution in [0.25, 0.3) is 10.2 Å². The number of ether oxygens (including phenoxy) is 1. The Hall–Kier alpha value is -1.13. The molecule has 3 nitrogen and oxygen atoms in total. The van der Waals surface area contributed by atoms with E-state index in [0.29, 0.717) is 6.61 Å². The summed E-state index contributed by atoms with van der Waals surface area (Å²) in [5.41, 5.74) is 1.27. The summed E-state index contributed by atoms with van der Waals surface area (Å²) in [5.74, 6) is 0.791. The average molecular weight is 279 g/mol. The van der Waals surface area contributed by atoms with E-state index in [2.05, 4.69) is 25.8 Å². The Morgan fingerprint density at radius 3 is 2.74 bits per heavy atom. The third kappa shape index (κ3) is 4.18. The molecular formula is C15H21NO2S. The van der Waals surface area contributed by atoms with Crippen LogP contribution >= 0.6 is 11.3 Å². The van der Waals surface area contributed by atoms with Gasteiger partial charge in [-0.25, -0.2) is 4.98 Å². The van der Waals surface area contributed by atoms with E-state index in [1.54, 1.807) is 18.3 Å². The van der Waals surface area contributed by atoms with Gasteiger partial charge in [-0.15, -0.1) is 11.3 Å². The molecule has 0 aliphatic carbocycles. The van der Waals surface area contributed by atoms with Crippen molar-refractivity contribution in [3.8, 4) is 5.75 Å². The van der Waals surface area contributed by atoms with Crippen LogP contribution in [0.4, 0.5) is 0 Å². The molecule has 0 fully saturated rings. The van der Waals surface area contributed by atoms with Crippen molar-refractivity contribution < 1.29 is 9.84 Å². The maximum Gasteiger partial charge on any atom is 0.121 e. The molecule has 1 N–H and O–H groups in total. The van der Waals surface area contributed by atoms with E-state index >= 15 is 0 Å². The fraction of sp³-hybridized carbons (Fsp3) is 0.533. The predicted octanol–water partition coefficient (Wildman–Crippen LogP) is 3.64. The monoisotopic (exact) mass is 279 g/mol. The van der Waals surface area contributed by atoms with Gasteiger partial charge in [-0.2, -0.15) is 0 Å². The van der Waals surface area contributed by atoms with E-state index < -0.39 is 6.10 Å². The van der Waals surface area contributed by atoms with Crippen LogP contribution in [0.5, 0.6) is 5.75 Å². The second-order valence-corrected chi connectivity index (χ2v) is 7.25. The Kier molecular flexibility index (Phi) is 4.11. The van der Waals surface area contributed by atoms with E-state index in [1.807, 2.05) is 18.2 Å². The van der Waals surface area contributed by atoms with Crippen LogP contribution in [0.1, 0.15) is 32.7 Å². The number of benzene rings is 1. The number of aromatic nitrogens is 1. The number of aliphatic hydroxyl groups is 1. The lowest BCUT2D eigenvalue weighted by molar-refractivity contribution is 0.123. The second-order valence-electron chi connectivity index (χ2n) is 6.13. The minimum Gasteiger partial charge on any atom is -0.491 e. The molecule has 104 valence electrons. The molecule has 1 unspecified atom stereocenters. The zero-order valence-corrected chi connectivity index (χ0v) is 12.8. The summed E-state index contributed by atoms with van der Waals surface area (Å²) in [7, 11) is 0. The zero-order chi connectivity index (χ0) is 14.0. The minimum absolute atomic E-state index is 0.250. The first kappa shape index (κ1) is 14.3. The van der Waals surface area contributed by atoms with Crippen molar-refractivity contribution in [1.29, 1.82) is 0 Å². The Bertz CT molecular complexity index is 555. The van der Waals surface area contributed by atoms with Crippen LogP contribution in [0.15, 0.2) is 18.2 Å². The van der Waals surface area contributed by atoms with E-state index in [-0.39, 0.29) is 5.41 Å². The predicted molar refractivity (Wildman–Crippen MR) is 80.0 cm³/mol. The number of hydrogen-bond donors (Lipinski definition) is 1. The molecule has 1 heterocycles. The normalized spacial score (nSPS) is 13.7. The van der Waals surface area contributed by atoms with Crippen molar-refractivity contribution in [3.63, 3.8) is 0 Å². The quantitative estimate of drug-likeness (QED) is 0.929. The van der Waals surface area contributed by atoms with Crippen LogP contribution in [-0.2, 0) is 6.42 Å². The molecule has 1 aromatic heterocycles. The fourth-order valence-electron chi connectivity index (χ4n) is 1.79. The van der Waals surface area contributed by atoms with Crippen molar-refractivity contribution in [2.45, 2.75) is 40.2 Å². The molecule has 0 saturated carbocycles. The smallest absolute Gasteiger partial charge is 0.121 e. The highest BCUT2D eigenvalue weighted by Gasteiger charge is 2.15. The highest BCUT2D eigenvalue weighted by molar-refractivity contribution is 7.18. The second kappa shape index (κ2) is 5.47. The molecular weight excluding hydrogens is 258 g/mol. The van der Waals surface area contributed by atoms with Gasteiger partial charge in [0.1, 0.15) is 12.4 Å². The minimum atomic E-state index is -0.450. The molecule has 0 spiro atoms. The number of nitrogens with zero attached hydrogens (tertiary/aromatic N) is 1. The maximum atomic E-state index is 9.22. The Morgan fingerprint density at radius 1 is 1.37 bits per heavy atom. The largest absolute Gasteiger partial charge is 0.491 e. The Morgan fingerprint density at radius 2 is 2.11 bits per heavy atom. The summed E-state index contributed by atoms with van der Waals surface area (Å²) in [4.78, 5) is 4.65. The molecule has 4 heteroatoms. The summed E-state index contributed by atoms with van der Waals surface area (Å²) in [6, 6.07) is 5.89. The molecule has 0 amide bonds. The summed E-state index contributed by atoms with van der Waals surface area (Å²) in [6.45, 7) is 8.69. The van der Waals surface area contributed by atoms with Crippen molar-refractivity contribution in [3.05, 3.63) is 23.2 Å². The third-order valence-corrected chi connectivity index (χ3v) is 3.60. The van der Waals surface area contributed by atoms with Gasteiger partial charge < -0.3 is 9.84 Å². The number of hydrogen-bond acceptors (Lipinski definition) is 4. The van der Waals surface area contributed by atoms with Gasteiger partial charge in [0, 0.05) is 6.42 Å². The summed E-state index contributed by atoms with van der Waals surface area (Å²) in [5, 5.41) is 10.4. The highest BCUT2D eigenvalue weighted by atomic mass is 32.1. The van der Waals surface area contributed by atoms with Gasteiger partial charge in [-0.3, -0.25) is 0 Å². The molecule has 2 aromatic rings. The van der Waals surface area contributed by atoms with Crippen molar-refractivity contribution in [2.75, 3.05) is 6.61 Å². The average Bonchev–Trinajstić information content (AvgIpc) is 2.64. The number of rotatable bonds is 4. The van der Waals surface area contributed by atoms with Gasteiger partial charge in [0.15, 0.2) is 0 Å². The van der Waals surface area contributed by atoms with Crippen molar-refractivity contribution >= 4 is 21.6 Å². The van der Waals surface area contributed by atoms with Crippen LogP contribution in [0.3, 0.4) is 0 Å². The molecule has 0 bridgehead atoms.